The standard InChI is InChI=1S/C17H18Cl2N2O/c1-11-7-8-16(15(19)9-11)21-17(22)10-20-12(2)13-5-3-4-6-14(13)18/h3-9,12,20H,10H2,1-2H3,(H,21,22)/p+1/t12-/m1/s1. The van der Waals surface area contributed by atoms with Gasteiger partial charge >= 0.3 is 0 Å². The first kappa shape index (κ1) is 16.8. The molecule has 1 amide bonds. The van der Waals surface area contributed by atoms with Gasteiger partial charge in [-0.15, -0.1) is 0 Å². The van der Waals surface area contributed by atoms with Crippen LogP contribution in [0.2, 0.25) is 10.0 Å². The lowest BCUT2D eigenvalue weighted by Gasteiger charge is -2.13. The Kier molecular flexibility index (Phi) is 5.83. The topological polar surface area (TPSA) is 45.7 Å². The molecule has 2 rings (SSSR count). The van der Waals surface area contributed by atoms with Gasteiger partial charge in [0.15, 0.2) is 6.54 Å². The van der Waals surface area contributed by atoms with E-state index in [4.69, 9.17) is 23.2 Å². The van der Waals surface area contributed by atoms with Crippen LogP contribution in [-0.4, -0.2) is 12.5 Å². The maximum Gasteiger partial charge on any atom is 0.279 e. The Morgan fingerprint density at radius 1 is 1.18 bits per heavy atom. The van der Waals surface area contributed by atoms with Gasteiger partial charge in [-0.3, -0.25) is 4.79 Å². The van der Waals surface area contributed by atoms with Crippen molar-refractivity contribution in [3.05, 3.63) is 63.6 Å². The van der Waals surface area contributed by atoms with Crippen molar-refractivity contribution in [1.29, 1.82) is 0 Å². The summed E-state index contributed by atoms with van der Waals surface area (Å²) in [5, 5.41) is 6.03. The molecule has 0 aliphatic rings. The molecule has 116 valence electrons. The van der Waals surface area contributed by atoms with Gasteiger partial charge in [-0.05, 0) is 37.6 Å². The van der Waals surface area contributed by atoms with E-state index in [9.17, 15) is 4.79 Å². The SMILES string of the molecule is Cc1ccc(NC(=O)C[NH2+][C@H](C)c2ccccc2Cl)c(Cl)c1. The third-order valence-corrected chi connectivity index (χ3v) is 4.11. The number of hydrogen-bond donors (Lipinski definition) is 2. The van der Waals surface area contributed by atoms with E-state index in [1.807, 2.05) is 61.6 Å². The fourth-order valence-electron chi connectivity index (χ4n) is 2.18. The van der Waals surface area contributed by atoms with E-state index in [2.05, 4.69) is 5.32 Å². The highest BCUT2D eigenvalue weighted by molar-refractivity contribution is 6.33. The molecule has 3 N–H and O–H groups in total. The second-order valence-corrected chi connectivity index (χ2v) is 6.10. The lowest BCUT2D eigenvalue weighted by atomic mass is 10.1. The van der Waals surface area contributed by atoms with Crippen molar-refractivity contribution in [2.75, 3.05) is 11.9 Å². The Balaban J connectivity index is 1.91. The Bertz CT molecular complexity index is 673. The molecule has 1 atom stereocenters. The van der Waals surface area contributed by atoms with Crippen LogP contribution in [0.1, 0.15) is 24.1 Å². The minimum absolute atomic E-state index is 0.0929. The van der Waals surface area contributed by atoms with Gasteiger partial charge in [0, 0.05) is 10.6 Å². The molecule has 0 heterocycles. The highest BCUT2D eigenvalue weighted by Gasteiger charge is 2.14. The number of quaternary nitrogens is 1. The van der Waals surface area contributed by atoms with Crippen molar-refractivity contribution in [3.63, 3.8) is 0 Å². The van der Waals surface area contributed by atoms with Crippen molar-refractivity contribution >= 4 is 34.8 Å². The number of carbonyl (C=O) groups excluding carboxylic acids is 1. The minimum atomic E-state index is -0.0929. The van der Waals surface area contributed by atoms with E-state index < -0.39 is 0 Å². The van der Waals surface area contributed by atoms with Gasteiger partial charge < -0.3 is 10.6 Å². The van der Waals surface area contributed by atoms with Crippen LogP contribution in [0.3, 0.4) is 0 Å². The van der Waals surface area contributed by atoms with Crippen molar-refractivity contribution < 1.29 is 10.1 Å². The van der Waals surface area contributed by atoms with Crippen LogP contribution in [0.15, 0.2) is 42.5 Å². The maximum atomic E-state index is 12.0. The third-order valence-electron chi connectivity index (χ3n) is 3.45. The molecule has 0 aliphatic carbocycles. The fourth-order valence-corrected chi connectivity index (χ4v) is 2.77. The molecule has 2 aromatic carbocycles. The summed E-state index contributed by atoms with van der Waals surface area (Å²) in [6, 6.07) is 13.3. The van der Waals surface area contributed by atoms with Gasteiger partial charge in [0.05, 0.1) is 10.7 Å². The van der Waals surface area contributed by atoms with Gasteiger partial charge in [-0.25, -0.2) is 0 Å². The van der Waals surface area contributed by atoms with E-state index in [1.54, 1.807) is 0 Å². The van der Waals surface area contributed by atoms with Gasteiger partial charge in [0.1, 0.15) is 6.04 Å². The number of halogens is 2. The zero-order chi connectivity index (χ0) is 16.1. The molecule has 0 aromatic heterocycles. The van der Waals surface area contributed by atoms with Crippen LogP contribution >= 0.6 is 23.2 Å². The van der Waals surface area contributed by atoms with Gasteiger partial charge in [0.2, 0.25) is 0 Å². The highest BCUT2D eigenvalue weighted by Crippen LogP contribution is 2.22. The quantitative estimate of drug-likeness (QED) is 0.860. The van der Waals surface area contributed by atoms with E-state index in [-0.39, 0.29) is 11.9 Å². The lowest BCUT2D eigenvalue weighted by Crippen LogP contribution is -2.86. The molecule has 0 saturated heterocycles. The molecule has 0 spiro atoms. The van der Waals surface area contributed by atoms with Crippen LogP contribution in [0.4, 0.5) is 5.69 Å². The number of hydrogen-bond acceptors (Lipinski definition) is 1. The van der Waals surface area contributed by atoms with Gasteiger partial charge in [0.25, 0.3) is 5.91 Å². The summed E-state index contributed by atoms with van der Waals surface area (Å²) in [5.74, 6) is -0.0929. The van der Waals surface area contributed by atoms with Crippen LogP contribution in [0.25, 0.3) is 0 Å². The zero-order valence-electron chi connectivity index (χ0n) is 12.6. The van der Waals surface area contributed by atoms with Gasteiger partial charge in [-0.1, -0.05) is 47.5 Å². The molecule has 0 bridgehead atoms. The number of benzene rings is 2. The van der Waals surface area contributed by atoms with E-state index in [0.717, 1.165) is 11.1 Å². The smallest absolute Gasteiger partial charge is 0.279 e. The van der Waals surface area contributed by atoms with E-state index in [0.29, 0.717) is 22.3 Å². The Morgan fingerprint density at radius 3 is 2.59 bits per heavy atom. The fraction of sp³-hybridized carbons (Fsp3) is 0.235. The van der Waals surface area contributed by atoms with Gasteiger partial charge in [-0.2, -0.15) is 0 Å². The summed E-state index contributed by atoms with van der Waals surface area (Å²) in [5.41, 5.74) is 2.71. The normalized spacial score (nSPS) is 12.0. The minimum Gasteiger partial charge on any atom is -0.332 e. The Morgan fingerprint density at radius 2 is 1.91 bits per heavy atom. The summed E-state index contributed by atoms with van der Waals surface area (Å²) in [6.07, 6.45) is 0. The highest BCUT2D eigenvalue weighted by atomic mass is 35.5. The predicted molar refractivity (Wildman–Crippen MR) is 91.5 cm³/mol. The van der Waals surface area contributed by atoms with Crippen LogP contribution < -0.4 is 10.6 Å². The number of carbonyl (C=O) groups is 1. The molecule has 2 aromatic rings. The monoisotopic (exact) mass is 337 g/mol. The predicted octanol–water partition coefficient (Wildman–Crippen LogP) is 3.56. The summed E-state index contributed by atoms with van der Waals surface area (Å²) < 4.78 is 0. The van der Waals surface area contributed by atoms with Crippen LogP contribution in [-0.2, 0) is 4.79 Å². The second-order valence-electron chi connectivity index (χ2n) is 5.28. The molecule has 22 heavy (non-hydrogen) atoms. The third kappa shape index (κ3) is 4.47. The summed E-state index contributed by atoms with van der Waals surface area (Å²) in [6.45, 7) is 4.28. The first-order chi connectivity index (χ1) is 10.5. The molecule has 0 saturated carbocycles. The molecule has 5 heteroatoms. The number of rotatable bonds is 5. The number of nitrogens with two attached hydrogens (primary N) is 1. The van der Waals surface area contributed by atoms with Crippen molar-refractivity contribution in [2.45, 2.75) is 19.9 Å². The number of amides is 1. The van der Waals surface area contributed by atoms with Crippen molar-refractivity contribution in [1.82, 2.24) is 0 Å². The van der Waals surface area contributed by atoms with Crippen molar-refractivity contribution in [2.24, 2.45) is 0 Å². The summed E-state index contributed by atoms with van der Waals surface area (Å²) in [7, 11) is 0. The molecule has 0 aliphatic heterocycles. The average molecular weight is 338 g/mol. The van der Waals surface area contributed by atoms with Crippen LogP contribution in [0, 0.1) is 6.92 Å². The van der Waals surface area contributed by atoms with E-state index >= 15 is 0 Å². The second kappa shape index (κ2) is 7.63. The zero-order valence-corrected chi connectivity index (χ0v) is 14.1. The van der Waals surface area contributed by atoms with E-state index in [1.165, 1.54) is 0 Å². The first-order valence-electron chi connectivity index (χ1n) is 7.11. The average Bonchev–Trinajstić information content (AvgIpc) is 2.48. The largest absolute Gasteiger partial charge is 0.332 e. The van der Waals surface area contributed by atoms with Crippen molar-refractivity contribution in [3.8, 4) is 0 Å². The molecule has 0 radical (unpaired) electrons. The molecule has 0 unspecified atom stereocenters. The lowest BCUT2D eigenvalue weighted by molar-refractivity contribution is -0.682. The number of aryl methyl sites for hydroxylation is 1. The molecule has 0 fully saturated rings. The number of nitrogens with one attached hydrogen (secondary N) is 1. The summed E-state index contributed by atoms with van der Waals surface area (Å²) in [4.78, 5) is 12.0. The Labute approximate surface area is 140 Å². The molecular formula is C17H19Cl2N2O+. The molecule has 3 nitrogen and oxygen atoms in total. The molecular weight excluding hydrogens is 319 g/mol. The maximum absolute atomic E-state index is 12.0. The first-order valence-corrected chi connectivity index (χ1v) is 7.86. The van der Waals surface area contributed by atoms with Crippen LogP contribution in [0.5, 0.6) is 0 Å². The summed E-state index contributed by atoms with van der Waals surface area (Å²) >= 11 is 12.3. The Hall–Kier alpha value is -1.55. The number of anilines is 1.